The smallest absolute Gasteiger partial charge is 0.238 e. The van der Waals surface area contributed by atoms with Gasteiger partial charge in [0.05, 0.1) is 4.90 Å². The molecule has 0 saturated heterocycles. The van der Waals surface area contributed by atoms with Crippen LogP contribution in [0, 0.1) is 6.92 Å². The van der Waals surface area contributed by atoms with Crippen LogP contribution in [0.3, 0.4) is 0 Å². The average molecular weight is 349 g/mol. The standard InChI is InChI=1S/C10H12N4O2S4/c1-5-7(18-10-14-13-9(17-2)19-10)3-6(11)4-8(5)20(12,15)16/h3-4H,11H2,1-2H3,(H2,12,15,16). The van der Waals surface area contributed by atoms with E-state index in [9.17, 15) is 8.42 Å². The van der Waals surface area contributed by atoms with Crippen LogP contribution in [-0.2, 0) is 10.0 Å². The molecule has 0 radical (unpaired) electrons. The second-order valence-electron chi connectivity index (χ2n) is 3.83. The number of nitrogens with zero attached hydrogens (tertiary/aromatic N) is 2. The van der Waals surface area contributed by atoms with Gasteiger partial charge in [-0.3, -0.25) is 0 Å². The molecule has 0 aliphatic rings. The summed E-state index contributed by atoms with van der Waals surface area (Å²) in [4.78, 5) is 0.743. The summed E-state index contributed by atoms with van der Waals surface area (Å²) in [7, 11) is -3.80. The first kappa shape index (κ1) is 15.6. The quantitative estimate of drug-likeness (QED) is 0.641. The molecule has 108 valence electrons. The first-order valence-corrected chi connectivity index (χ1v) is 9.70. The monoisotopic (exact) mass is 348 g/mol. The maximum Gasteiger partial charge on any atom is 0.238 e. The largest absolute Gasteiger partial charge is 0.399 e. The summed E-state index contributed by atoms with van der Waals surface area (Å²) < 4.78 is 24.7. The summed E-state index contributed by atoms with van der Waals surface area (Å²) in [5.74, 6) is 0. The SMILES string of the molecule is CSc1nnc(Sc2cc(N)cc(S(N)(=O)=O)c2C)s1. The number of nitrogens with two attached hydrogens (primary N) is 2. The third-order valence-corrected chi connectivity index (χ3v) is 6.53. The molecule has 1 aromatic carbocycles. The lowest BCUT2D eigenvalue weighted by atomic mass is 10.2. The topological polar surface area (TPSA) is 112 Å². The Morgan fingerprint density at radius 3 is 2.45 bits per heavy atom. The van der Waals surface area contributed by atoms with Gasteiger partial charge in [0.25, 0.3) is 0 Å². The fourth-order valence-corrected chi connectivity index (χ4v) is 4.96. The molecule has 0 amide bonds. The fraction of sp³-hybridized carbons (Fsp3) is 0.200. The average Bonchev–Trinajstić information content (AvgIpc) is 2.79. The van der Waals surface area contributed by atoms with Crippen molar-refractivity contribution >= 4 is 50.6 Å². The number of nitrogen functional groups attached to an aromatic ring is 1. The van der Waals surface area contributed by atoms with Crippen molar-refractivity contribution in [2.75, 3.05) is 12.0 Å². The zero-order valence-electron chi connectivity index (χ0n) is 10.7. The summed E-state index contributed by atoms with van der Waals surface area (Å²) in [5, 5.41) is 13.2. The van der Waals surface area contributed by atoms with Crippen LogP contribution >= 0.6 is 34.9 Å². The van der Waals surface area contributed by atoms with Crippen LogP contribution in [0.15, 0.2) is 30.6 Å². The van der Waals surface area contributed by atoms with Crippen LogP contribution in [0.2, 0.25) is 0 Å². The van der Waals surface area contributed by atoms with Crippen LogP contribution in [0.5, 0.6) is 0 Å². The summed E-state index contributed by atoms with van der Waals surface area (Å²) in [6.07, 6.45) is 1.92. The molecule has 0 atom stereocenters. The van der Waals surface area contributed by atoms with Gasteiger partial charge in [0.1, 0.15) is 0 Å². The molecule has 6 nitrogen and oxygen atoms in total. The molecular weight excluding hydrogens is 336 g/mol. The molecule has 2 aromatic rings. The van der Waals surface area contributed by atoms with Gasteiger partial charge in [0, 0.05) is 10.6 Å². The Hall–Kier alpha value is -0.810. The highest BCUT2D eigenvalue weighted by Gasteiger charge is 2.17. The molecule has 0 bridgehead atoms. The predicted octanol–water partition coefficient (Wildman–Crippen LogP) is 1.95. The molecule has 10 heteroatoms. The Morgan fingerprint density at radius 1 is 1.25 bits per heavy atom. The number of hydrogen-bond acceptors (Lipinski definition) is 8. The highest BCUT2D eigenvalue weighted by molar-refractivity contribution is 8.03. The molecule has 2 rings (SSSR count). The zero-order chi connectivity index (χ0) is 14.9. The summed E-state index contributed by atoms with van der Waals surface area (Å²) in [5.41, 5.74) is 6.65. The summed E-state index contributed by atoms with van der Waals surface area (Å²) in [6.45, 7) is 1.69. The molecule has 4 N–H and O–H groups in total. The van der Waals surface area contributed by atoms with Crippen molar-refractivity contribution < 1.29 is 8.42 Å². The highest BCUT2D eigenvalue weighted by Crippen LogP contribution is 2.37. The van der Waals surface area contributed by atoms with E-state index < -0.39 is 10.0 Å². The first-order chi connectivity index (χ1) is 9.31. The van der Waals surface area contributed by atoms with Gasteiger partial charge in [-0.25, -0.2) is 13.6 Å². The highest BCUT2D eigenvalue weighted by atomic mass is 32.2. The molecular formula is C10H12N4O2S4. The van der Waals surface area contributed by atoms with Crippen LogP contribution in [0.25, 0.3) is 0 Å². The Kier molecular flexibility index (Phi) is 4.59. The van der Waals surface area contributed by atoms with E-state index in [1.807, 2.05) is 6.26 Å². The van der Waals surface area contributed by atoms with Gasteiger partial charge in [-0.15, -0.1) is 10.2 Å². The van der Waals surface area contributed by atoms with Gasteiger partial charge >= 0.3 is 0 Å². The fourth-order valence-electron chi connectivity index (χ4n) is 1.50. The van der Waals surface area contributed by atoms with Gasteiger partial charge in [0.2, 0.25) is 10.0 Å². The Morgan fingerprint density at radius 2 is 1.90 bits per heavy atom. The van der Waals surface area contributed by atoms with Gasteiger partial charge in [-0.1, -0.05) is 34.9 Å². The van der Waals surface area contributed by atoms with Gasteiger partial charge in [-0.2, -0.15) is 0 Å². The number of primary sulfonamides is 1. The van der Waals surface area contributed by atoms with Crippen LogP contribution in [-0.4, -0.2) is 24.9 Å². The van der Waals surface area contributed by atoms with E-state index in [4.69, 9.17) is 10.9 Å². The minimum Gasteiger partial charge on any atom is -0.399 e. The maximum absolute atomic E-state index is 11.5. The van der Waals surface area contributed by atoms with Gasteiger partial charge < -0.3 is 5.73 Å². The Bertz CT molecular complexity index is 742. The van der Waals surface area contributed by atoms with Crippen molar-refractivity contribution in [2.24, 2.45) is 5.14 Å². The van der Waals surface area contributed by atoms with E-state index in [1.165, 1.54) is 40.9 Å². The van der Waals surface area contributed by atoms with Crippen molar-refractivity contribution in [1.29, 1.82) is 0 Å². The number of thioether (sulfide) groups is 1. The summed E-state index contributed by atoms with van der Waals surface area (Å²) >= 11 is 4.27. The molecule has 20 heavy (non-hydrogen) atoms. The van der Waals surface area contributed by atoms with Gasteiger partial charge in [-0.05, 0) is 30.9 Å². The second kappa shape index (κ2) is 5.90. The maximum atomic E-state index is 11.5. The minimum absolute atomic E-state index is 0.0367. The van der Waals surface area contributed by atoms with Crippen molar-refractivity contribution in [3.8, 4) is 0 Å². The van der Waals surface area contributed by atoms with Crippen molar-refractivity contribution in [3.63, 3.8) is 0 Å². The van der Waals surface area contributed by atoms with Crippen molar-refractivity contribution in [3.05, 3.63) is 17.7 Å². The second-order valence-corrected chi connectivity index (χ2v) is 8.68. The number of sulfonamides is 1. The van der Waals surface area contributed by atoms with Crippen LogP contribution in [0.4, 0.5) is 5.69 Å². The van der Waals surface area contributed by atoms with Crippen LogP contribution < -0.4 is 10.9 Å². The van der Waals surface area contributed by atoms with E-state index in [1.54, 1.807) is 13.0 Å². The molecule has 1 aromatic heterocycles. The van der Waals surface area contributed by atoms with E-state index in [2.05, 4.69) is 10.2 Å². The first-order valence-electron chi connectivity index (χ1n) is 5.29. The minimum atomic E-state index is -3.80. The normalized spacial score (nSPS) is 11.8. The molecule has 0 spiro atoms. The lowest BCUT2D eigenvalue weighted by Crippen LogP contribution is -2.14. The van der Waals surface area contributed by atoms with Crippen molar-refractivity contribution in [1.82, 2.24) is 10.2 Å². The Labute approximate surface area is 129 Å². The zero-order valence-corrected chi connectivity index (χ0v) is 13.9. The number of anilines is 1. The molecule has 0 aliphatic heterocycles. The van der Waals surface area contributed by atoms with Crippen molar-refractivity contribution in [2.45, 2.75) is 25.4 Å². The molecule has 0 fully saturated rings. The summed E-state index contributed by atoms with van der Waals surface area (Å²) in [6, 6.07) is 3.07. The molecule has 0 saturated carbocycles. The van der Waals surface area contributed by atoms with E-state index in [0.29, 0.717) is 16.1 Å². The molecule has 0 aliphatic carbocycles. The van der Waals surface area contributed by atoms with Crippen LogP contribution in [0.1, 0.15) is 5.56 Å². The number of hydrogen-bond donors (Lipinski definition) is 2. The molecule has 0 unspecified atom stereocenters. The predicted molar refractivity (Wildman–Crippen MR) is 82.8 cm³/mol. The molecule has 1 heterocycles. The van der Waals surface area contributed by atoms with E-state index in [0.717, 1.165) is 8.68 Å². The third-order valence-electron chi connectivity index (χ3n) is 2.40. The van der Waals surface area contributed by atoms with E-state index in [-0.39, 0.29) is 4.90 Å². The Balaban J connectivity index is 2.44. The lowest BCUT2D eigenvalue weighted by Gasteiger charge is -2.09. The number of aromatic nitrogens is 2. The van der Waals surface area contributed by atoms with E-state index >= 15 is 0 Å². The third kappa shape index (κ3) is 3.44. The number of benzene rings is 1. The number of rotatable bonds is 4. The lowest BCUT2D eigenvalue weighted by molar-refractivity contribution is 0.597. The van der Waals surface area contributed by atoms with Gasteiger partial charge in [0.15, 0.2) is 8.68 Å².